The van der Waals surface area contributed by atoms with Crippen LogP contribution in [0.1, 0.15) is 28.9 Å². The lowest BCUT2D eigenvalue weighted by Gasteiger charge is -2.40. The van der Waals surface area contributed by atoms with Gasteiger partial charge in [-0.05, 0) is 25.0 Å². The minimum atomic E-state index is -0.714. The predicted octanol–water partition coefficient (Wildman–Crippen LogP) is 1.60. The fourth-order valence-corrected chi connectivity index (χ4v) is 4.17. The fourth-order valence-electron chi connectivity index (χ4n) is 3.97. The van der Waals surface area contributed by atoms with Gasteiger partial charge in [-0.2, -0.15) is 5.10 Å². The standard InChI is InChI=1S/C23H23ClFN5O4/c24-17-6-3-4-13(21(17)25)10-27-19(32)11-29(14-8-15(31)9-14)20(33)12-30-18-7-2-1-5-16(18)22(28-30)23(26)34/h1-7,14-15,31H,8-12H2,(H2,26,34)(H,27,32)/t14-,15-. The molecule has 4 N–H and O–H groups in total. The minimum absolute atomic E-state index is 0.0474. The summed E-state index contributed by atoms with van der Waals surface area (Å²) in [4.78, 5) is 38.9. The molecule has 0 atom stereocenters. The van der Waals surface area contributed by atoms with E-state index in [1.807, 2.05) is 0 Å². The van der Waals surface area contributed by atoms with Crippen LogP contribution in [0, 0.1) is 5.82 Å². The quantitative estimate of drug-likeness (QED) is 0.444. The van der Waals surface area contributed by atoms with Gasteiger partial charge in [-0.25, -0.2) is 4.39 Å². The van der Waals surface area contributed by atoms with Gasteiger partial charge in [0.25, 0.3) is 5.91 Å². The number of benzene rings is 2. The smallest absolute Gasteiger partial charge is 0.269 e. The summed E-state index contributed by atoms with van der Waals surface area (Å²) in [5.41, 5.74) is 6.25. The molecule has 0 aliphatic heterocycles. The van der Waals surface area contributed by atoms with Crippen molar-refractivity contribution in [3.63, 3.8) is 0 Å². The Labute approximate surface area is 199 Å². The van der Waals surface area contributed by atoms with Gasteiger partial charge in [0.15, 0.2) is 5.69 Å². The highest BCUT2D eigenvalue weighted by molar-refractivity contribution is 6.30. The molecule has 1 fully saturated rings. The Bertz CT molecular complexity index is 1260. The minimum Gasteiger partial charge on any atom is -0.393 e. The van der Waals surface area contributed by atoms with Gasteiger partial charge in [0.1, 0.15) is 12.4 Å². The molecular formula is C23H23ClFN5O4. The zero-order valence-electron chi connectivity index (χ0n) is 18.1. The first-order valence-electron chi connectivity index (χ1n) is 10.7. The molecule has 2 aromatic carbocycles. The third-order valence-corrected chi connectivity index (χ3v) is 6.14. The Morgan fingerprint density at radius 3 is 2.65 bits per heavy atom. The van der Waals surface area contributed by atoms with Crippen LogP contribution in [-0.4, -0.2) is 56.2 Å². The number of hydrogen-bond donors (Lipinski definition) is 3. The Morgan fingerprint density at radius 1 is 1.21 bits per heavy atom. The van der Waals surface area contributed by atoms with E-state index in [1.165, 1.54) is 21.7 Å². The lowest BCUT2D eigenvalue weighted by atomic mass is 9.88. The van der Waals surface area contributed by atoms with Crippen LogP contribution in [0.5, 0.6) is 0 Å². The summed E-state index contributed by atoms with van der Waals surface area (Å²) in [5, 5.41) is 17.0. The Morgan fingerprint density at radius 2 is 1.94 bits per heavy atom. The summed E-state index contributed by atoms with van der Waals surface area (Å²) in [6.45, 7) is -0.594. The van der Waals surface area contributed by atoms with Crippen molar-refractivity contribution in [1.82, 2.24) is 20.0 Å². The van der Waals surface area contributed by atoms with Crippen molar-refractivity contribution in [2.75, 3.05) is 6.54 Å². The van der Waals surface area contributed by atoms with Gasteiger partial charge in [0.05, 0.1) is 23.2 Å². The van der Waals surface area contributed by atoms with Crippen molar-refractivity contribution < 1.29 is 23.9 Å². The van der Waals surface area contributed by atoms with E-state index in [0.717, 1.165) is 0 Å². The van der Waals surface area contributed by atoms with Crippen LogP contribution in [-0.2, 0) is 22.7 Å². The molecule has 0 bridgehead atoms. The highest BCUT2D eigenvalue weighted by Gasteiger charge is 2.36. The van der Waals surface area contributed by atoms with Crippen LogP contribution in [0.4, 0.5) is 4.39 Å². The number of carbonyl (C=O) groups excluding carboxylic acids is 3. The van der Waals surface area contributed by atoms with Crippen LogP contribution in [0.3, 0.4) is 0 Å². The first-order chi connectivity index (χ1) is 16.2. The summed E-state index contributed by atoms with van der Waals surface area (Å²) in [6.07, 6.45) is 0.138. The van der Waals surface area contributed by atoms with E-state index < -0.39 is 29.6 Å². The van der Waals surface area contributed by atoms with E-state index >= 15 is 0 Å². The molecule has 3 aromatic rings. The molecule has 1 aliphatic carbocycles. The summed E-state index contributed by atoms with van der Waals surface area (Å²) in [6, 6.07) is 11.0. The van der Waals surface area contributed by atoms with Crippen LogP contribution >= 0.6 is 11.6 Å². The van der Waals surface area contributed by atoms with E-state index in [0.29, 0.717) is 23.7 Å². The monoisotopic (exact) mass is 487 g/mol. The van der Waals surface area contributed by atoms with Crippen molar-refractivity contribution in [3.8, 4) is 0 Å². The van der Waals surface area contributed by atoms with Gasteiger partial charge in [0.2, 0.25) is 11.8 Å². The molecule has 178 valence electrons. The van der Waals surface area contributed by atoms with Crippen molar-refractivity contribution in [2.45, 2.75) is 38.1 Å². The predicted molar refractivity (Wildman–Crippen MR) is 122 cm³/mol. The first kappa shape index (κ1) is 23.7. The second-order valence-corrected chi connectivity index (χ2v) is 8.59. The number of carbonyl (C=O) groups is 3. The van der Waals surface area contributed by atoms with Crippen molar-refractivity contribution in [1.29, 1.82) is 0 Å². The number of primary amides is 1. The number of nitrogens with one attached hydrogen (secondary N) is 1. The van der Waals surface area contributed by atoms with Gasteiger partial charge < -0.3 is 21.1 Å². The molecule has 0 unspecified atom stereocenters. The maximum Gasteiger partial charge on any atom is 0.269 e. The number of nitrogens with two attached hydrogens (primary N) is 1. The molecule has 1 aromatic heterocycles. The topological polar surface area (TPSA) is 131 Å². The van der Waals surface area contributed by atoms with Crippen LogP contribution in [0.15, 0.2) is 42.5 Å². The number of halogens is 2. The third-order valence-electron chi connectivity index (χ3n) is 5.85. The lowest BCUT2D eigenvalue weighted by molar-refractivity contribution is -0.143. The van der Waals surface area contributed by atoms with E-state index in [2.05, 4.69) is 10.4 Å². The summed E-state index contributed by atoms with van der Waals surface area (Å²) in [5.74, 6) is -2.23. The SMILES string of the molecule is NC(=O)c1nn(CC(=O)N(CC(=O)NCc2cccc(Cl)c2F)[C@H]2C[C@H](O)C2)c2ccccc12. The Kier molecular flexibility index (Phi) is 6.80. The number of aromatic nitrogens is 2. The zero-order chi connectivity index (χ0) is 24.4. The average molecular weight is 488 g/mol. The van der Waals surface area contributed by atoms with Crippen LogP contribution < -0.4 is 11.1 Å². The maximum atomic E-state index is 14.1. The first-order valence-corrected chi connectivity index (χ1v) is 11.0. The molecule has 9 nitrogen and oxygen atoms in total. The highest BCUT2D eigenvalue weighted by atomic mass is 35.5. The second-order valence-electron chi connectivity index (χ2n) is 8.18. The zero-order valence-corrected chi connectivity index (χ0v) is 18.8. The van der Waals surface area contributed by atoms with Crippen molar-refractivity contribution in [2.24, 2.45) is 5.73 Å². The number of rotatable bonds is 8. The van der Waals surface area contributed by atoms with Gasteiger partial charge >= 0.3 is 0 Å². The van der Waals surface area contributed by atoms with Crippen LogP contribution in [0.25, 0.3) is 10.9 Å². The van der Waals surface area contributed by atoms with Gasteiger partial charge in [0, 0.05) is 23.5 Å². The van der Waals surface area contributed by atoms with E-state index in [4.69, 9.17) is 17.3 Å². The fraction of sp³-hybridized carbons (Fsp3) is 0.304. The van der Waals surface area contributed by atoms with Crippen LogP contribution in [0.2, 0.25) is 5.02 Å². The number of fused-ring (bicyclic) bond motifs is 1. The number of hydrogen-bond acceptors (Lipinski definition) is 5. The van der Waals surface area contributed by atoms with Crippen molar-refractivity contribution in [3.05, 3.63) is 64.6 Å². The molecule has 0 radical (unpaired) electrons. The number of nitrogens with zero attached hydrogens (tertiary/aromatic N) is 3. The van der Waals surface area contributed by atoms with E-state index in [9.17, 15) is 23.9 Å². The summed E-state index contributed by atoms with van der Waals surface area (Å²) in [7, 11) is 0. The largest absolute Gasteiger partial charge is 0.393 e. The molecule has 1 saturated carbocycles. The van der Waals surface area contributed by atoms with Crippen molar-refractivity contribution >= 4 is 40.2 Å². The lowest BCUT2D eigenvalue weighted by Crippen LogP contribution is -2.53. The molecule has 11 heteroatoms. The number of aliphatic hydroxyl groups excluding tert-OH is 1. The summed E-state index contributed by atoms with van der Waals surface area (Å²) >= 11 is 5.77. The van der Waals surface area contributed by atoms with Gasteiger partial charge in [-0.3, -0.25) is 19.1 Å². The molecule has 0 spiro atoms. The van der Waals surface area contributed by atoms with E-state index in [-0.39, 0.29) is 42.0 Å². The molecule has 1 heterocycles. The van der Waals surface area contributed by atoms with Gasteiger partial charge in [-0.1, -0.05) is 41.9 Å². The molecule has 34 heavy (non-hydrogen) atoms. The molecule has 1 aliphatic rings. The normalized spacial score (nSPS) is 17.3. The third kappa shape index (κ3) is 4.87. The second kappa shape index (κ2) is 9.78. The molecule has 4 rings (SSSR count). The Hall–Kier alpha value is -3.50. The molecular weight excluding hydrogens is 465 g/mol. The summed E-state index contributed by atoms with van der Waals surface area (Å²) < 4.78 is 15.5. The molecule has 0 saturated heterocycles. The highest BCUT2D eigenvalue weighted by Crippen LogP contribution is 2.26. The number of aliphatic hydroxyl groups is 1. The number of para-hydroxylation sites is 1. The average Bonchev–Trinajstić information content (AvgIpc) is 3.15. The van der Waals surface area contributed by atoms with Gasteiger partial charge in [-0.15, -0.1) is 0 Å². The number of amides is 3. The molecule has 3 amide bonds. The van der Waals surface area contributed by atoms with E-state index in [1.54, 1.807) is 30.3 Å². The maximum absolute atomic E-state index is 14.1. The Balaban J connectivity index is 1.49.